The molecule has 19 heavy (non-hydrogen) atoms. The first kappa shape index (κ1) is 13.1. The molecule has 1 aromatic rings. The highest BCUT2D eigenvalue weighted by Crippen LogP contribution is 2.16. The second-order valence-electron chi connectivity index (χ2n) is 4.48. The van der Waals surface area contributed by atoms with Crippen molar-refractivity contribution >= 4 is 11.6 Å². The van der Waals surface area contributed by atoms with E-state index in [-0.39, 0.29) is 17.5 Å². The molecule has 5 nitrogen and oxygen atoms in total. The van der Waals surface area contributed by atoms with E-state index < -0.39 is 0 Å². The predicted octanol–water partition coefficient (Wildman–Crippen LogP) is 1.51. The quantitative estimate of drug-likeness (QED) is 0.837. The number of anilines is 1. The highest BCUT2D eigenvalue weighted by Gasteiger charge is 2.20. The van der Waals surface area contributed by atoms with Crippen LogP contribution >= 0.6 is 0 Å². The highest BCUT2D eigenvalue weighted by atomic mass is 16.2. The Bertz CT molecular complexity index is 562. The molecule has 1 saturated heterocycles. The number of hydrogen-bond acceptors (Lipinski definition) is 4. The smallest absolute Gasteiger partial charge is 0.241 e. The van der Waals surface area contributed by atoms with Crippen LogP contribution in [0.4, 0.5) is 5.69 Å². The van der Waals surface area contributed by atoms with E-state index in [0.717, 1.165) is 25.8 Å². The molecule has 1 aliphatic heterocycles. The highest BCUT2D eigenvalue weighted by molar-refractivity contribution is 5.95. The van der Waals surface area contributed by atoms with Gasteiger partial charge in [-0.2, -0.15) is 10.5 Å². The van der Waals surface area contributed by atoms with Gasteiger partial charge < -0.3 is 10.6 Å². The van der Waals surface area contributed by atoms with E-state index in [1.54, 1.807) is 12.1 Å². The van der Waals surface area contributed by atoms with Gasteiger partial charge in [-0.3, -0.25) is 4.79 Å². The van der Waals surface area contributed by atoms with Gasteiger partial charge in [0.2, 0.25) is 5.91 Å². The lowest BCUT2D eigenvalue weighted by molar-refractivity contribution is -0.118. The van der Waals surface area contributed by atoms with E-state index in [9.17, 15) is 4.79 Å². The molecule has 2 N–H and O–H groups in total. The Labute approximate surface area is 111 Å². The maximum absolute atomic E-state index is 12.0. The van der Waals surface area contributed by atoms with Crippen molar-refractivity contribution in [2.24, 2.45) is 0 Å². The summed E-state index contributed by atoms with van der Waals surface area (Å²) in [5.74, 6) is -0.0895. The molecule has 0 saturated carbocycles. The summed E-state index contributed by atoms with van der Waals surface area (Å²) in [5, 5.41) is 23.7. The standard InChI is InChI=1S/C14H14N4O/c15-8-10-4-5-12(7-11(10)9-16)18-14(19)13-3-1-2-6-17-13/h4-5,7,13,17H,1-3,6H2,(H,18,19)/t13-/m0/s1. The van der Waals surface area contributed by atoms with Gasteiger partial charge in [0.1, 0.15) is 12.1 Å². The van der Waals surface area contributed by atoms with Crippen LogP contribution in [0.5, 0.6) is 0 Å². The first-order valence-corrected chi connectivity index (χ1v) is 6.23. The molecule has 96 valence electrons. The Kier molecular flexibility index (Phi) is 4.12. The molecule has 1 heterocycles. The second kappa shape index (κ2) is 5.99. The van der Waals surface area contributed by atoms with E-state index in [1.807, 2.05) is 12.1 Å². The first-order chi connectivity index (χ1) is 9.24. The Hall–Kier alpha value is -2.37. The van der Waals surface area contributed by atoms with E-state index in [2.05, 4.69) is 10.6 Å². The van der Waals surface area contributed by atoms with Crippen LogP contribution in [0.2, 0.25) is 0 Å². The number of hydrogen-bond donors (Lipinski definition) is 2. The Morgan fingerprint density at radius 2 is 2.05 bits per heavy atom. The zero-order valence-electron chi connectivity index (χ0n) is 10.4. The molecule has 0 radical (unpaired) electrons. The number of amides is 1. The molecule has 1 fully saturated rings. The fraction of sp³-hybridized carbons (Fsp3) is 0.357. The van der Waals surface area contributed by atoms with Crippen LogP contribution in [0.15, 0.2) is 18.2 Å². The monoisotopic (exact) mass is 254 g/mol. The normalized spacial score (nSPS) is 18.1. The lowest BCUT2D eigenvalue weighted by Crippen LogP contribution is -2.43. The molecule has 0 bridgehead atoms. The molecule has 1 aromatic carbocycles. The lowest BCUT2D eigenvalue weighted by Gasteiger charge is -2.22. The number of nitriles is 2. The minimum atomic E-state index is -0.171. The Morgan fingerprint density at radius 3 is 2.68 bits per heavy atom. The van der Waals surface area contributed by atoms with Gasteiger partial charge in [-0.15, -0.1) is 0 Å². The van der Waals surface area contributed by atoms with Crippen LogP contribution in [-0.2, 0) is 4.79 Å². The second-order valence-corrected chi connectivity index (χ2v) is 4.48. The van der Waals surface area contributed by atoms with Gasteiger partial charge in [-0.25, -0.2) is 0 Å². The van der Waals surface area contributed by atoms with Gasteiger partial charge >= 0.3 is 0 Å². The third-order valence-electron chi connectivity index (χ3n) is 3.15. The number of nitrogens with one attached hydrogen (secondary N) is 2. The first-order valence-electron chi connectivity index (χ1n) is 6.23. The summed E-state index contributed by atoms with van der Waals surface area (Å²) in [6.45, 7) is 0.856. The van der Waals surface area contributed by atoms with Gasteiger partial charge in [0, 0.05) is 5.69 Å². The van der Waals surface area contributed by atoms with Crippen molar-refractivity contribution < 1.29 is 4.79 Å². The van der Waals surface area contributed by atoms with E-state index in [1.165, 1.54) is 6.07 Å². The molecular weight excluding hydrogens is 240 g/mol. The van der Waals surface area contributed by atoms with Gasteiger partial charge in [-0.1, -0.05) is 6.42 Å². The maximum atomic E-state index is 12.0. The summed E-state index contributed by atoms with van der Waals surface area (Å²) in [6.07, 6.45) is 2.97. The largest absolute Gasteiger partial charge is 0.325 e. The number of nitrogens with zero attached hydrogens (tertiary/aromatic N) is 2. The molecule has 0 spiro atoms. The minimum absolute atomic E-state index is 0.0895. The van der Waals surface area contributed by atoms with Crippen molar-refractivity contribution in [3.05, 3.63) is 29.3 Å². The molecule has 0 aliphatic carbocycles. The van der Waals surface area contributed by atoms with Crippen LogP contribution in [0.1, 0.15) is 30.4 Å². The van der Waals surface area contributed by atoms with Crippen LogP contribution in [0.25, 0.3) is 0 Å². The fourth-order valence-electron chi connectivity index (χ4n) is 2.12. The van der Waals surface area contributed by atoms with Crippen molar-refractivity contribution in [2.75, 3.05) is 11.9 Å². The van der Waals surface area contributed by atoms with Crippen molar-refractivity contribution in [1.29, 1.82) is 10.5 Å². The van der Waals surface area contributed by atoms with Crippen molar-refractivity contribution in [3.63, 3.8) is 0 Å². The van der Waals surface area contributed by atoms with Gasteiger partial charge in [0.25, 0.3) is 0 Å². The molecule has 1 amide bonds. The molecule has 1 atom stereocenters. The van der Waals surface area contributed by atoms with Gasteiger partial charge in [0.15, 0.2) is 0 Å². The minimum Gasteiger partial charge on any atom is -0.325 e. The average molecular weight is 254 g/mol. The zero-order chi connectivity index (χ0) is 13.7. The number of piperidine rings is 1. The SMILES string of the molecule is N#Cc1ccc(NC(=O)[C@@H]2CCCCN2)cc1C#N. The van der Waals surface area contributed by atoms with Crippen LogP contribution in [0.3, 0.4) is 0 Å². The summed E-state index contributed by atoms with van der Waals surface area (Å²) in [4.78, 5) is 12.0. The number of benzene rings is 1. The predicted molar refractivity (Wildman–Crippen MR) is 70.1 cm³/mol. The summed E-state index contributed by atoms with van der Waals surface area (Å²) in [6, 6.07) is 8.43. The molecule has 0 unspecified atom stereocenters. The summed E-state index contributed by atoms with van der Waals surface area (Å²) in [7, 11) is 0. The summed E-state index contributed by atoms with van der Waals surface area (Å²) in [5.41, 5.74) is 1.14. The van der Waals surface area contributed by atoms with Crippen LogP contribution in [-0.4, -0.2) is 18.5 Å². The molecule has 2 rings (SSSR count). The zero-order valence-corrected chi connectivity index (χ0v) is 10.4. The van der Waals surface area contributed by atoms with E-state index in [4.69, 9.17) is 10.5 Å². The van der Waals surface area contributed by atoms with Crippen LogP contribution in [0, 0.1) is 22.7 Å². The van der Waals surface area contributed by atoms with Crippen molar-refractivity contribution in [3.8, 4) is 12.1 Å². The van der Waals surface area contributed by atoms with E-state index >= 15 is 0 Å². The van der Waals surface area contributed by atoms with Crippen molar-refractivity contribution in [1.82, 2.24) is 5.32 Å². The molecule has 5 heteroatoms. The number of rotatable bonds is 2. The Balaban J connectivity index is 2.09. The lowest BCUT2D eigenvalue weighted by atomic mass is 10.0. The fourth-order valence-corrected chi connectivity index (χ4v) is 2.12. The van der Waals surface area contributed by atoms with Gasteiger partial charge in [-0.05, 0) is 37.6 Å². The molecule has 0 aromatic heterocycles. The van der Waals surface area contributed by atoms with Gasteiger partial charge in [0.05, 0.1) is 17.2 Å². The number of carbonyl (C=O) groups is 1. The maximum Gasteiger partial charge on any atom is 0.241 e. The molecular formula is C14H14N4O. The topological polar surface area (TPSA) is 88.7 Å². The third kappa shape index (κ3) is 3.09. The van der Waals surface area contributed by atoms with E-state index in [0.29, 0.717) is 11.3 Å². The average Bonchev–Trinajstić information content (AvgIpc) is 2.48. The third-order valence-corrected chi connectivity index (χ3v) is 3.15. The summed E-state index contributed by atoms with van der Waals surface area (Å²) >= 11 is 0. The van der Waals surface area contributed by atoms with Crippen molar-refractivity contribution in [2.45, 2.75) is 25.3 Å². The summed E-state index contributed by atoms with van der Waals surface area (Å²) < 4.78 is 0. The van der Waals surface area contributed by atoms with Crippen LogP contribution < -0.4 is 10.6 Å². The number of carbonyl (C=O) groups excluding carboxylic acids is 1. The Morgan fingerprint density at radius 1 is 1.26 bits per heavy atom. The molecule has 1 aliphatic rings.